The summed E-state index contributed by atoms with van der Waals surface area (Å²) < 4.78 is 6.54. The van der Waals surface area contributed by atoms with Gasteiger partial charge in [-0.15, -0.1) is 0 Å². The first-order valence-electron chi connectivity index (χ1n) is 10.1. The largest absolute Gasteiger partial charge is 0.485 e. The quantitative estimate of drug-likeness (QED) is 0.704. The van der Waals surface area contributed by atoms with E-state index < -0.39 is 0 Å². The van der Waals surface area contributed by atoms with Crippen LogP contribution in [0.3, 0.4) is 0 Å². The van der Waals surface area contributed by atoms with Gasteiger partial charge in [0.05, 0.1) is 0 Å². The van der Waals surface area contributed by atoms with E-state index in [1.807, 2.05) is 0 Å². The number of likely N-dealkylation sites (N-methyl/N-ethyl adjacent to an activating group) is 1. The number of rotatable bonds is 4. The van der Waals surface area contributed by atoms with Crippen LogP contribution < -0.4 is 4.74 Å². The first-order chi connectivity index (χ1) is 13.1. The zero-order valence-corrected chi connectivity index (χ0v) is 16.8. The fourth-order valence-corrected chi connectivity index (χ4v) is 4.44. The molecule has 2 aromatic carbocycles. The highest BCUT2D eigenvalue weighted by atomic mass is 16.5. The minimum absolute atomic E-state index is 0.0745. The van der Waals surface area contributed by atoms with Gasteiger partial charge < -0.3 is 9.64 Å². The molecule has 2 aromatic rings. The number of hydrogen-bond acceptors (Lipinski definition) is 2. The third-order valence-corrected chi connectivity index (χ3v) is 6.10. The number of fused-ring (bicyclic) bond motifs is 2. The smallest absolute Gasteiger partial charge is 0.126 e. The average molecular weight is 360 g/mol. The molecule has 0 aromatic heterocycles. The van der Waals surface area contributed by atoms with E-state index in [-0.39, 0.29) is 6.10 Å². The highest BCUT2D eigenvalue weighted by molar-refractivity contribution is 5.51. The van der Waals surface area contributed by atoms with Crippen molar-refractivity contribution in [1.82, 2.24) is 4.90 Å². The van der Waals surface area contributed by atoms with Gasteiger partial charge in [-0.1, -0.05) is 42.5 Å². The molecule has 140 valence electrons. The van der Waals surface area contributed by atoms with Crippen LogP contribution in [0.25, 0.3) is 0 Å². The Kier molecular flexibility index (Phi) is 4.82. The highest BCUT2D eigenvalue weighted by Gasteiger charge is 2.38. The van der Waals surface area contributed by atoms with Gasteiger partial charge in [0, 0.05) is 36.2 Å². The van der Waals surface area contributed by atoms with Crippen molar-refractivity contribution in [2.45, 2.75) is 39.7 Å². The Morgan fingerprint density at radius 2 is 1.67 bits per heavy atom. The minimum Gasteiger partial charge on any atom is -0.485 e. The van der Waals surface area contributed by atoms with E-state index in [0.717, 1.165) is 18.8 Å². The monoisotopic (exact) mass is 359 g/mol. The fraction of sp³-hybridized carbons (Fsp3) is 0.360. The standard InChI is InChI=1S/C25H29NO/c1-5-26(6-2)20-12-13-21-24(16-20)27-23-15-18(4)17(3)14-22(23)25(21)19-10-8-7-9-11-19/h7-16,21,24-25H,5-6H2,1-4H3. The van der Waals surface area contributed by atoms with Crippen molar-refractivity contribution in [2.75, 3.05) is 13.1 Å². The van der Waals surface area contributed by atoms with Crippen molar-refractivity contribution in [3.05, 3.63) is 88.6 Å². The van der Waals surface area contributed by atoms with E-state index in [1.165, 1.54) is 28.0 Å². The molecule has 0 radical (unpaired) electrons. The van der Waals surface area contributed by atoms with Gasteiger partial charge in [-0.2, -0.15) is 0 Å². The number of aryl methyl sites for hydroxylation is 2. The van der Waals surface area contributed by atoms with Gasteiger partial charge in [0.1, 0.15) is 11.9 Å². The maximum absolute atomic E-state index is 6.54. The highest BCUT2D eigenvalue weighted by Crippen LogP contribution is 2.47. The molecule has 0 spiro atoms. The van der Waals surface area contributed by atoms with Crippen LogP contribution in [-0.4, -0.2) is 24.1 Å². The molecule has 2 heteroatoms. The van der Waals surface area contributed by atoms with E-state index in [0.29, 0.717) is 11.8 Å². The van der Waals surface area contributed by atoms with Crippen LogP contribution in [0, 0.1) is 19.8 Å². The third-order valence-electron chi connectivity index (χ3n) is 6.10. The normalized spacial score (nSPS) is 23.1. The van der Waals surface area contributed by atoms with E-state index in [1.54, 1.807) is 0 Å². The number of ether oxygens (including phenoxy) is 1. The Morgan fingerprint density at radius 3 is 2.37 bits per heavy atom. The molecule has 1 aliphatic carbocycles. The molecule has 3 atom stereocenters. The Bertz CT molecular complexity index is 877. The van der Waals surface area contributed by atoms with Gasteiger partial charge in [-0.3, -0.25) is 0 Å². The Balaban J connectivity index is 1.82. The lowest BCUT2D eigenvalue weighted by molar-refractivity contribution is 0.161. The lowest BCUT2D eigenvalue weighted by Crippen LogP contribution is -2.37. The topological polar surface area (TPSA) is 12.5 Å². The van der Waals surface area contributed by atoms with Crippen molar-refractivity contribution in [2.24, 2.45) is 5.92 Å². The van der Waals surface area contributed by atoms with Gasteiger partial charge in [-0.25, -0.2) is 0 Å². The second-order valence-electron chi connectivity index (χ2n) is 7.65. The Hall–Kier alpha value is -2.48. The van der Waals surface area contributed by atoms with Crippen molar-refractivity contribution in [1.29, 1.82) is 0 Å². The van der Waals surface area contributed by atoms with E-state index in [9.17, 15) is 0 Å². The predicted molar refractivity (Wildman–Crippen MR) is 112 cm³/mol. The second-order valence-corrected chi connectivity index (χ2v) is 7.65. The fourth-order valence-electron chi connectivity index (χ4n) is 4.44. The summed E-state index contributed by atoms with van der Waals surface area (Å²) in [6.45, 7) is 10.8. The minimum atomic E-state index is 0.0745. The summed E-state index contributed by atoms with van der Waals surface area (Å²) in [4.78, 5) is 2.39. The van der Waals surface area contributed by atoms with Crippen LogP contribution in [0.1, 0.15) is 42.0 Å². The van der Waals surface area contributed by atoms with Gasteiger partial charge in [0.15, 0.2) is 0 Å². The summed E-state index contributed by atoms with van der Waals surface area (Å²) >= 11 is 0. The van der Waals surface area contributed by atoms with Crippen LogP contribution in [0.5, 0.6) is 5.75 Å². The number of benzene rings is 2. The zero-order chi connectivity index (χ0) is 19.0. The molecule has 2 nitrogen and oxygen atoms in total. The maximum Gasteiger partial charge on any atom is 0.126 e. The second kappa shape index (κ2) is 7.26. The van der Waals surface area contributed by atoms with Crippen molar-refractivity contribution < 1.29 is 4.74 Å². The van der Waals surface area contributed by atoms with Crippen molar-refractivity contribution >= 4 is 0 Å². The van der Waals surface area contributed by atoms with Gasteiger partial charge in [-0.05, 0) is 62.6 Å². The van der Waals surface area contributed by atoms with Crippen molar-refractivity contribution in [3.8, 4) is 5.75 Å². The van der Waals surface area contributed by atoms with E-state index in [4.69, 9.17) is 4.74 Å². The molecule has 0 fully saturated rings. The van der Waals surface area contributed by atoms with Gasteiger partial charge >= 0.3 is 0 Å². The molecule has 27 heavy (non-hydrogen) atoms. The van der Waals surface area contributed by atoms with Crippen LogP contribution in [0.4, 0.5) is 0 Å². The molecule has 2 aliphatic rings. The van der Waals surface area contributed by atoms with Crippen molar-refractivity contribution in [3.63, 3.8) is 0 Å². The summed E-state index contributed by atoms with van der Waals surface area (Å²) in [6.07, 6.45) is 7.06. The van der Waals surface area contributed by atoms with Crippen LogP contribution in [-0.2, 0) is 0 Å². The van der Waals surface area contributed by atoms with Gasteiger partial charge in [0.2, 0.25) is 0 Å². The molecule has 1 heterocycles. The average Bonchev–Trinajstić information content (AvgIpc) is 2.69. The summed E-state index contributed by atoms with van der Waals surface area (Å²) in [7, 11) is 0. The molecule has 0 saturated heterocycles. The molecule has 1 aliphatic heterocycles. The third kappa shape index (κ3) is 3.18. The first kappa shape index (κ1) is 17.9. The molecular weight excluding hydrogens is 330 g/mol. The molecule has 3 unspecified atom stereocenters. The molecule has 0 bridgehead atoms. The lowest BCUT2D eigenvalue weighted by atomic mass is 9.73. The van der Waals surface area contributed by atoms with E-state index in [2.05, 4.69) is 93.3 Å². The number of nitrogens with zero attached hydrogens (tertiary/aromatic N) is 1. The zero-order valence-electron chi connectivity index (χ0n) is 16.8. The summed E-state index contributed by atoms with van der Waals surface area (Å²) in [5.41, 5.74) is 6.58. The molecule has 4 rings (SSSR count). The SMILES string of the molecule is CCN(CC)C1=CC2Oc3cc(C)c(C)cc3C(c3ccccc3)C2C=C1. The first-order valence-corrected chi connectivity index (χ1v) is 10.1. The summed E-state index contributed by atoms with van der Waals surface area (Å²) in [5.74, 6) is 1.69. The predicted octanol–water partition coefficient (Wildman–Crippen LogP) is 5.61. The van der Waals surface area contributed by atoms with Gasteiger partial charge in [0.25, 0.3) is 0 Å². The van der Waals surface area contributed by atoms with Crippen LogP contribution in [0.15, 0.2) is 66.4 Å². The molecule has 0 saturated carbocycles. The Labute approximate surface area is 163 Å². The number of hydrogen-bond donors (Lipinski definition) is 0. The molecule has 0 N–H and O–H groups in total. The molecule has 0 amide bonds. The Morgan fingerprint density at radius 1 is 0.963 bits per heavy atom. The summed E-state index contributed by atoms with van der Waals surface area (Å²) in [6, 6.07) is 15.4. The van der Waals surface area contributed by atoms with Crippen LogP contribution >= 0.6 is 0 Å². The maximum atomic E-state index is 6.54. The lowest BCUT2D eigenvalue weighted by Gasteiger charge is -2.40. The van der Waals surface area contributed by atoms with Crippen LogP contribution in [0.2, 0.25) is 0 Å². The summed E-state index contributed by atoms with van der Waals surface area (Å²) in [5, 5.41) is 0. The van der Waals surface area contributed by atoms with E-state index >= 15 is 0 Å². The number of allylic oxidation sites excluding steroid dienone is 1. The molecular formula is C25H29NO.